The molecular formula is C25H36F2. The molecule has 0 amide bonds. The highest BCUT2D eigenvalue weighted by Crippen LogP contribution is 2.46. The first-order valence-corrected chi connectivity index (χ1v) is 11.2. The molecule has 2 saturated carbocycles. The zero-order valence-corrected chi connectivity index (χ0v) is 17.2. The third-order valence-corrected chi connectivity index (χ3v) is 7.17. The lowest BCUT2D eigenvalue weighted by Gasteiger charge is -2.33. The summed E-state index contributed by atoms with van der Waals surface area (Å²) in [6.45, 7) is 4.24. The van der Waals surface area contributed by atoms with E-state index in [1.54, 1.807) is 0 Å². The molecule has 2 aliphatic rings. The molecule has 0 aliphatic heterocycles. The second kappa shape index (κ2) is 9.85. The van der Waals surface area contributed by atoms with Crippen molar-refractivity contribution in [2.24, 2.45) is 17.8 Å². The first-order valence-electron chi connectivity index (χ1n) is 11.2. The van der Waals surface area contributed by atoms with Crippen LogP contribution in [0.2, 0.25) is 0 Å². The van der Waals surface area contributed by atoms with E-state index in [0.29, 0.717) is 17.5 Å². The molecule has 2 heteroatoms. The van der Waals surface area contributed by atoms with Crippen molar-refractivity contribution in [2.45, 2.75) is 90.4 Å². The second-order valence-corrected chi connectivity index (χ2v) is 8.89. The van der Waals surface area contributed by atoms with Crippen LogP contribution in [0.25, 0.3) is 0 Å². The van der Waals surface area contributed by atoms with E-state index in [1.165, 1.54) is 44.9 Å². The van der Waals surface area contributed by atoms with Crippen LogP contribution in [-0.2, 0) is 6.42 Å². The fourth-order valence-corrected chi connectivity index (χ4v) is 5.63. The Balaban J connectivity index is 1.57. The summed E-state index contributed by atoms with van der Waals surface area (Å²) < 4.78 is 29.2. The third kappa shape index (κ3) is 5.00. The van der Waals surface area contributed by atoms with E-state index in [0.717, 1.165) is 37.0 Å². The summed E-state index contributed by atoms with van der Waals surface area (Å²) in [6, 6.07) is 3.68. The van der Waals surface area contributed by atoms with Gasteiger partial charge in [-0.2, -0.15) is 0 Å². The predicted octanol–water partition coefficient (Wildman–Crippen LogP) is 7.96. The highest BCUT2D eigenvalue weighted by molar-refractivity contribution is 5.29. The van der Waals surface area contributed by atoms with Gasteiger partial charge in [-0.1, -0.05) is 50.5 Å². The predicted molar refractivity (Wildman–Crippen MR) is 110 cm³/mol. The van der Waals surface area contributed by atoms with E-state index in [2.05, 4.69) is 6.92 Å². The molecule has 0 spiro atoms. The molecular weight excluding hydrogens is 338 g/mol. The minimum absolute atomic E-state index is 0.202. The van der Waals surface area contributed by atoms with Gasteiger partial charge in [0.15, 0.2) is 11.6 Å². The Hall–Kier alpha value is -1.18. The number of hydrogen-bond acceptors (Lipinski definition) is 0. The number of hydrogen-bond donors (Lipinski definition) is 0. The highest BCUT2D eigenvalue weighted by atomic mass is 19.2. The molecule has 0 radical (unpaired) electrons. The first kappa shape index (κ1) is 20.6. The van der Waals surface area contributed by atoms with E-state index in [-0.39, 0.29) is 5.92 Å². The molecule has 1 aromatic rings. The number of benzene rings is 1. The standard InChI is InChI=1S/C25H36F2/c1-3-5-6-8-21-15-16-23(25(27)24(21)26)20-13-11-19(12-14-20)22-10-9-18(17-22)7-4-2/h3,5,15-16,18-20,22H,4,6-14,17H2,1-2H3. The molecule has 1 aromatic carbocycles. The molecule has 0 N–H and O–H groups in total. The van der Waals surface area contributed by atoms with Gasteiger partial charge in [0.1, 0.15) is 0 Å². The lowest BCUT2D eigenvalue weighted by molar-refractivity contribution is 0.227. The van der Waals surface area contributed by atoms with Gasteiger partial charge >= 0.3 is 0 Å². The van der Waals surface area contributed by atoms with Gasteiger partial charge in [-0.3, -0.25) is 0 Å². The smallest absolute Gasteiger partial charge is 0.162 e. The van der Waals surface area contributed by atoms with Crippen molar-refractivity contribution in [1.82, 2.24) is 0 Å². The van der Waals surface area contributed by atoms with Crippen molar-refractivity contribution < 1.29 is 8.78 Å². The lowest BCUT2D eigenvalue weighted by atomic mass is 9.73. The Kier molecular flexibility index (Phi) is 7.49. The SMILES string of the molecule is CC=CCCc1ccc(C2CCC(C3CCC(CCC)C3)CC2)c(F)c1F. The van der Waals surface area contributed by atoms with Crippen molar-refractivity contribution in [1.29, 1.82) is 0 Å². The average Bonchev–Trinajstić information content (AvgIpc) is 3.15. The van der Waals surface area contributed by atoms with Gasteiger partial charge in [-0.25, -0.2) is 8.78 Å². The summed E-state index contributed by atoms with van der Waals surface area (Å²) in [4.78, 5) is 0. The molecule has 2 fully saturated rings. The number of halogens is 2. The van der Waals surface area contributed by atoms with E-state index >= 15 is 0 Å². The highest BCUT2D eigenvalue weighted by Gasteiger charge is 2.34. The molecule has 3 rings (SSSR count). The van der Waals surface area contributed by atoms with Gasteiger partial charge in [0.05, 0.1) is 0 Å². The number of allylic oxidation sites excluding steroid dienone is 2. The topological polar surface area (TPSA) is 0 Å². The molecule has 150 valence electrons. The Morgan fingerprint density at radius 1 is 0.963 bits per heavy atom. The lowest BCUT2D eigenvalue weighted by Crippen LogP contribution is -2.20. The van der Waals surface area contributed by atoms with Crippen molar-refractivity contribution in [3.63, 3.8) is 0 Å². The van der Waals surface area contributed by atoms with Gasteiger partial charge in [-0.05, 0) is 93.1 Å². The van der Waals surface area contributed by atoms with Crippen molar-refractivity contribution in [3.8, 4) is 0 Å². The van der Waals surface area contributed by atoms with Gasteiger partial charge < -0.3 is 0 Å². The fraction of sp³-hybridized carbons (Fsp3) is 0.680. The molecule has 2 atom stereocenters. The van der Waals surface area contributed by atoms with Gasteiger partial charge in [-0.15, -0.1) is 0 Å². The summed E-state index contributed by atoms with van der Waals surface area (Å²) in [7, 11) is 0. The van der Waals surface area contributed by atoms with Crippen LogP contribution in [0.5, 0.6) is 0 Å². The molecule has 0 nitrogen and oxygen atoms in total. The summed E-state index contributed by atoms with van der Waals surface area (Å²) in [5.41, 5.74) is 1.13. The molecule has 2 aliphatic carbocycles. The van der Waals surface area contributed by atoms with E-state index in [9.17, 15) is 8.78 Å². The summed E-state index contributed by atoms with van der Waals surface area (Å²) in [5, 5.41) is 0. The van der Waals surface area contributed by atoms with Crippen LogP contribution in [0, 0.1) is 29.4 Å². The van der Waals surface area contributed by atoms with Crippen molar-refractivity contribution >= 4 is 0 Å². The van der Waals surface area contributed by atoms with Crippen molar-refractivity contribution in [2.75, 3.05) is 0 Å². The average molecular weight is 375 g/mol. The van der Waals surface area contributed by atoms with Gasteiger partial charge in [0.25, 0.3) is 0 Å². The van der Waals surface area contributed by atoms with Crippen LogP contribution in [-0.4, -0.2) is 0 Å². The minimum atomic E-state index is -0.614. The van der Waals surface area contributed by atoms with Crippen LogP contribution in [0.4, 0.5) is 8.78 Å². The maximum absolute atomic E-state index is 14.7. The Morgan fingerprint density at radius 2 is 1.70 bits per heavy atom. The zero-order valence-electron chi connectivity index (χ0n) is 17.2. The van der Waals surface area contributed by atoms with E-state index in [1.807, 2.05) is 31.2 Å². The zero-order chi connectivity index (χ0) is 19.2. The summed E-state index contributed by atoms with van der Waals surface area (Å²) in [6.07, 6.45) is 16.6. The third-order valence-electron chi connectivity index (χ3n) is 7.17. The minimum Gasteiger partial charge on any atom is -0.203 e. The van der Waals surface area contributed by atoms with Crippen LogP contribution in [0.15, 0.2) is 24.3 Å². The largest absolute Gasteiger partial charge is 0.203 e. The van der Waals surface area contributed by atoms with Gasteiger partial charge in [0, 0.05) is 0 Å². The molecule has 0 heterocycles. The van der Waals surface area contributed by atoms with Crippen LogP contribution in [0.3, 0.4) is 0 Å². The quantitative estimate of drug-likeness (QED) is 0.425. The summed E-state index contributed by atoms with van der Waals surface area (Å²) in [5.74, 6) is 1.65. The first-order chi connectivity index (χ1) is 13.1. The number of rotatable bonds is 7. The Labute approximate surface area is 164 Å². The Bertz CT molecular complexity index is 625. The van der Waals surface area contributed by atoms with Crippen LogP contribution >= 0.6 is 0 Å². The normalized spacial score (nSPS) is 28.9. The fourth-order valence-electron chi connectivity index (χ4n) is 5.63. The molecule has 0 aromatic heterocycles. The van der Waals surface area contributed by atoms with E-state index in [4.69, 9.17) is 0 Å². The van der Waals surface area contributed by atoms with Crippen LogP contribution in [0.1, 0.15) is 95.1 Å². The van der Waals surface area contributed by atoms with Gasteiger partial charge in [0.2, 0.25) is 0 Å². The molecule has 27 heavy (non-hydrogen) atoms. The summed E-state index contributed by atoms with van der Waals surface area (Å²) >= 11 is 0. The Morgan fingerprint density at radius 3 is 2.41 bits per heavy atom. The second-order valence-electron chi connectivity index (χ2n) is 8.89. The monoisotopic (exact) mass is 374 g/mol. The molecule has 0 saturated heterocycles. The molecule has 0 bridgehead atoms. The number of aryl methyl sites for hydroxylation is 1. The maximum atomic E-state index is 14.7. The molecule has 2 unspecified atom stereocenters. The van der Waals surface area contributed by atoms with Crippen LogP contribution < -0.4 is 0 Å². The van der Waals surface area contributed by atoms with E-state index < -0.39 is 11.6 Å². The van der Waals surface area contributed by atoms with Crippen molar-refractivity contribution in [3.05, 3.63) is 47.0 Å². The maximum Gasteiger partial charge on any atom is 0.162 e.